The molecule has 2 bridgehead atoms. The molecule has 1 N–H and O–H groups in total. The summed E-state index contributed by atoms with van der Waals surface area (Å²) >= 11 is 0. The molecule has 2 fully saturated rings. The van der Waals surface area contributed by atoms with Crippen LogP contribution in [-0.2, 0) is 6.54 Å². The van der Waals surface area contributed by atoms with Crippen molar-refractivity contribution in [3.8, 4) is 5.75 Å². The van der Waals surface area contributed by atoms with Gasteiger partial charge in [0.25, 0.3) is 0 Å². The van der Waals surface area contributed by atoms with E-state index in [9.17, 15) is 9.50 Å². The van der Waals surface area contributed by atoms with Gasteiger partial charge in [-0.05, 0) is 68.5 Å². The lowest BCUT2D eigenvalue weighted by atomic mass is 9.85. The molecule has 4 heterocycles. The Morgan fingerprint density at radius 1 is 1.10 bits per heavy atom. The number of hydrogen-bond donors (Lipinski definition) is 1. The van der Waals surface area contributed by atoms with E-state index in [1.165, 1.54) is 12.1 Å². The average Bonchev–Trinajstić information content (AvgIpc) is 3.25. The third-order valence-electron chi connectivity index (χ3n) is 6.69. The quantitative estimate of drug-likeness (QED) is 0.599. The minimum atomic E-state index is -0.672. The monoisotopic (exact) mass is 409 g/mol. The van der Waals surface area contributed by atoms with Crippen molar-refractivity contribution < 1.29 is 14.2 Å². The molecule has 5 rings (SSSR count). The summed E-state index contributed by atoms with van der Waals surface area (Å²) in [5.41, 5.74) is 0.410. The Morgan fingerprint density at radius 3 is 2.63 bits per heavy atom. The molecule has 0 radical (unpaired) electrons. The van der Waals surface area contributed by atoms with Crippen LogP contribution in [0.25, 0.3) is 10.9 Å². The first-order chi connectivity index (χ1) is 14.6. The standard InChI is InChI=1S/C24H28FN3O2/c25-19-2-6-22(7-3-19)30-13-1-11-28-20-4-5-21(28)15-24(29,14-20)17-27-12-9-18-8-10-26-16-23(18)27/h2-3,6-10,12,16,20-21,29H,1,4-5,11,13-15,17H2. The zero-order valence-corrected chi connectivity index (χ0v) is 17.1. The van der Waals surface area contributed by atoms with E-state index in [-0.39, 0.29) is 5.82 Å². The molecule has 1 aromatic carbocycles. The maximum Gasteiger partial charge on any atom is 0.123 e. The van der Waals surface area contributed by atoms with E-state index < -0.39 is 5.60 Å². The topological polar surface area (TPSA) is 50.5 Å². The SMILES string of the molecule is OC1(Cn2ccc3ccncc32)CC2CCC(C1)N2CCCOc1ccc(F)cc1. The number of fused-ring (bicyclic) bond motifs is 3. The van der Waals surface area contributed by atoms with Crippen LogP contribution in [0, 0.1) is 5.82 Å². The van der Waals surface area contributed by atoms with Gasteiger partial charge in [0.1, 0.15) is 11.6 Å². The molecule has 2 aromatic heterocycles. The lowest BCUT2D eigenvalue weighted by Crippen LogP contribution is -2.53. The molecular formula is C24H28FN3O2. The highest BCUT2D eigenvalue weighted by Gasteiger charge is 2.47. The van der Waals surface area contributed by atoms with Crippen LogP contribution in [0.5, 0.6) is 5.75 Å². The number of benzene rings is 1. The molecule has 2 unspecified atom stereocenters. The number of rotatable bonds is 7. The van der Waals surface area contributed by atoms with E-state index in [4.69, 9.17) is 4.74 Å². The first-order valence-electron chi connectivity index (χ1n) is 10.9. The van der Waals surface area contributed by atoms with Crippen LogP contribution in [0.2, 0.25) is 0 Å². The van der Waals surface area contributed by atoms with Crippen molar-refractivity contribution in [3.63, 3.8) is 0 Å². The predicted molar refractivity (Wildman–Crippen MR) is 114 cm³/mol. The summed E-state index contributed by atoms with van der Waals surface area (Å²) in [6, 6.07) is 11.1. The number of pyridine rings is 1. The molecule has 0 spiro atoms. The number of ether oxygens (including phenoxy) is 1. The number of halogens is 1. The lowest BCUT2D eigenvalue weighted by Gasteiger charge is -2.44. The molecule has 0 saturated carbocycles. The second-order valence-electron chi connectivity index (χ2n) is 8.79. The Kier molecular flexibility index (Phi) is 5.21. The van der Waals surface area contributed by atoms with Crippen LogP contribution >= 0.6 is 0 Å². The van der Waals surface area contributed by atoms with Crippen molar-refractivity contribution in [2.45, 2.75) is 56.3 Å². The Bertz CT molecular complexity index is 989. The maximum absolute atomic E-state index is 13.0. The van der Waals surface area contributed by atoms with E-state index in [1.807, 2.05) is 12.3 Å². The Balaban J connectivity index is 1.17. The molecule has 2 aliphatic heterocycles. The van der Waals surface area contributed by atoms with Crippen LogP contribution in [0.3, 0.4) is 0 Å². The number of nitrogens with zero attached hydrogens (tertiary/aromatic N) is 3. The summed E-state index contributed by atoms with van der Waals surface area (Å²) in [5.74, 6) is 0.463. The third kappa shape index (κ3) is 3.94. The predicted octanol–water partition coefficient (Wildman–Crippen LogP) is 4.00. The first kappa shape index (κ1) is 19.5. The highest BCUT2D eigenvalue weighted by molar-refractivity contribution is 5.78. The minimum Gasteiger partial charge on any atom is -0.494 e. The molecule has 158 valence electrons. The largest absolute Gasteiger partial charge is 0.494 e. The highest BCUT2D eigenvalue weighted by atomic mass is 19.1. The van der Waals surface area contributed by atoms with Crippen molar-refractivity contribution in [3.05, 3.63) is 60.8 Å². The van der Waals surface area contributed by atoms with Crippen LogP contribution in [0.4, 0.5) is 4.39 Å². The van der Waals surface area contributed by atoms with Crippen molar-refractivity contribution in [1.82, 2.24) is 14.5 Å². The van der Waals surface area contributed by atoms with Gasteiger partial charge in [0.05, 0.1) is 30.5 Å². The zero-order chi connectivity index (χ0) is 20.6. The van der Waals surface area contributed by atoms with Gasteiger partial charge in [0, 0.05) is 36.4 Å². The Morgan fingerprint density at radius 2 is 1.87 bits per heavy atom. The van der Waals surface area contributed by atoms with E-state index >= 15 is 0 Å². The molecule has 30 heavy (non-hydrogen) atoms. The fourth-order valence-electron chi connectivity index (χ4n) is 5.36. The third-order valence-corrected chi connectivity index (χ3v) is 6.69. The average molecular weight is 410 g/mol. The zero-order valence-electron chi connectivity index (χ0n) is 17.1. The van der Waals surface area contributed by atoms with Gasteiger partial charge >= 0.3 is 0 Å². The Hall–Kier alpha value is -2.44. The number of piperidine rings is 1. The summed E-state index contributed by atoms with van der Waals surface area (Å²) < 4.78 is 20.9. The molecule has 3 aromatic rings. The summed E-state index contributed by atoms with van der Waals surface area (Å²) in [7, 11) is 0. The Labute approximate surface area is 176 Å². The van der Waals surface area contributed by atoms with Crippen LogP contribution in [-0.4, -0.2) is 50.4 Å². The molecule has 2 saturated heterocycles. The molecule has 6 heteroatoms. The normalized spacial score (nSPS) is 26.3. The van der Waals surface area contributed by atoms with Crippen molar-refractivity contribution in [2.24, 2.45) is 0 Å². The molecule has 0 aliphatic carbocycles. The van der Waals surface area contributed by atoms with Crippen molar-refractivity contribution in [2.75, 3.05) is 13.2 Å². The van der Waals surface area contributed by atoms with Gasteiger partial charge in [0.15, 0.2) is 0 Å². The summed E-state index contributed by atoms with van der Waals surface area (Å²) in [6.07, 6.45) is 10.6. The smallest absolute Gasteiger partial charge is 0.123 e. The van der Waals surface area contributed by atoms with E-state index in [0.717, 1.165) is 49.6 Å². The number of aromatic nitrogens is 2. The molecule has 0 amide bonds. The number of aliphatic hydroxyl groups is 1. The van der Waals surface area contributed by atoms with Crippen molar-refractivity contribution >= 4 is 10.9 Å². The number of hydrogen-bond acceptors (Lipinski definition) is 4. The van der Waals surface area contributed by atoms with Gasteiger partial charge in [-0.15, -0.1) is 0 Å². The molecule has 5 nitrogen and oxygen atoms in total. The minimum absolute atomic E-state index is 0.246. The van der Waals surface area contributed by atoms with Crippen molar-refractivity contribution in [1.29, 1.82) is 0 Å². The van der Waals surface area contributed by atoms with E-state index in [1.54, 1.807) is 18.3 Å². The summed E-state index contributed by atoms with van der Waals surface area (Å²) in [4.78, 5) is 6.81. The van der Waals surface area contributed by atoms with Gasteiger partial charge in [-0.2, -0.15) is 0 Å². The fourth-order valence-corrected chi connectivity index (χ4v) is 5.36. The first-order valence-corrected chi connectivity index (χ1v) is 10.9. The van der Waals surface area contributed by atoms with Gasteiger partial charge in [-0.25, -0.2) is 4.39 Å². The van der Waals surface area contributed by atoms with Gasteiger partial charge in [-0.3, -0.25) is 9.88 Å². The fraction of sp³-hybridized carbons (Fsp3) is 0.458. The maximum atomic E-state index is 13.0. The summed E-state index contributed by atoms with van der Waals surface area (Å²) in [5, 5.41) is 12.6. The van der Waals surface area contributed by atoms with E-state index in [0.29, 0.717) is 31.0 Å². The second-order valence-corrected chi connectivity index (χ2v) is 8.79. The van der Waals surface area contributed by atoms with Gasteiger partial charge < -0.3 is 14.4 Å². The van der Waals surface area contributed by atoms with Gasteiger partial charge in [0.2, 0.25) is 0 Å². The highest BCUT2D eigenvalue weighted by Crippen LogP contribution is 2.42. The molecule has 2 atom stereocenters. The molecular weight excluding hydrogens is 381 g/mol. The summed E-state index contributed by atoms with van der Waals surface area (Å²) in [6.45, 7) is 2.22. The van der Waals surface area contributed by atoms with Gasteiger partial charge in [-0.1, -0.05) is 0 Å². The van der Waals surface area contributed by atoms with Crippen LogP contribution in [0.1, 0.15) is 32.1 Å². The molecule has 2 aliphatic rings. The second kappa shape index (κ2) is 8.00. The van der Waals surface area contributed by atoms with E-state index in [2.05, 4.69) is 26.7 Å². The lowest BCUT2D eigenvalue weighted by molar-refractivity contribution is -0.0626. The van der Waals surface area contributed by atoms with Crippen LogP contribution in [0.15, 0.2) is 55.0 Å². The van der Waals surface area contributed by atoms with Crippen LogP contribution < -0.4 is 4.74 Å².